The molecule has 6 heteroatoms. The Kier molecular flexibility index (Phi) is 2.99. The van der Waals surface area contributed by atoms with Crippen LogP contribution in [-0.2, 0) is 13.1 Å². The summed E-state index contributed by atoms with van der Waals surface area (Å²) < 4.78 is 2.25. The minimum atomic E-state index is -0.567. The van der Waals surface area contributed by atoms with Crippen molar-refractivity contribution in [3.63, 3.8) is 0 Å². The Labute approximate surface area is 86.4 Å². The van der Waals surface area contributed by atoms with Crippen LogP contribution >= 0.6 is 0 Å². The van der Waals surface area contributed by atoms with E-state index in [0.717, 1.165) is 4.57 Å². The van der Waals surface area contributed by atoms with E-state index in [0.29, 0.717) is 6.54 Å². The van der Waals surface area contributed by atoms with Crippen LogP contribution in [0.25, 0.3) is 0 Å². The van der Waals surface area contributed by atoms with Gasteiger partial charge in [-0.1, -0.05) is 6.08 Å². The maximum Gasteiger partial charge on any atom is 0.332 e. The van der Waals surface area contributed by atoms with Gasteiger partial charge in [0.05, 0.1) is 0 Å². The van der Waals surface area contributed by atoms with Gasteiger partial charge in [0, 0.05) is 13.1 Å². The molecule has 1 rings (SSSR count). The van der Waals surface area contributed by atoms with Gasteiger partial charge in [0.25, 0.3) is 5.56 Å². The first-order valence-corrected chi connectivity index (χ1v) is 4.54. The second-order valence-corrected chi connectivity index (χ2v) is 3.03. The van der Waals surface area contributed by atoms with Gasteiger partial charge >= 0.3 is 5.69 Å². The molecule has 0 spiro atoms. The average Bonchev–Trinajstić information content (AvgIpc) is 2.22. The lowest BCUT2D eigenvalue weighted by molar-refractivity contribution is 0.617. The molecule has 0 radical (unpaired) electrons. The molecule has 1 aromatic rings. The molecule has 0 saturated heterocycles. The van der Waals surface area contributed by atoms with Gasteiger partial charge in [0.1, 0.15) is 11.5 Å². The lowest BCUT2D eigenvalue weighted by Gasteiger charge is -2.11. The van der Waals surface area contributed by atoms with Crippen LogP contribution < -0.4 is 22.7 Å². The minimum absolute atomic E-state index is 0.0211. The molecule has 0 unspecified atom stereocenters. The van der Waals surface area contributed by atoms with Crippen molar-refractivity contribution in [3.05, 3.63) is 33.5 Å². The molecule has 1 heterocycles. The van der Waals surface area contributed by atoms with Gasteiger partial charge in [0.2, 0.25) is 0 Å². The Morgan fingerprint density at radius 2 is 1.93 bits per heavy atom. The maximum absolute atomic E-state index is 11.7. The molecule has 0 atom stereocenters. The van der Waals surface area contributed by atoms with Crippen LogP contribution in [0.5, 0.6) is 0 Å². The minimum Gasteiger partial charge on any atom is -0.391 e. The Morgan fingerprint density at radius 3 is 2.40 bits per heavy atom. The topological polar surface area (TPSA) is 96.0 Å². The van der Waals surface area contributed by atoms with Crippen LogP contribution in [0, 0.1) is 0 Å². The van der Waals surface area contributed by atoms with Crippen molar-refractivity contribution < 1.29 is 0 Å². The third-order valence-electron chi connectivity index (χ3n) is 2.13. The number of rotatable bonds is 3. The first kappa shape index (κ1) is 11.1. The standard InChI is InChI=1S/C9H14N4O2/c1-3-5-13-8(14)6(10)7(11)12(4-2)9(13)15/h3H,1,4-5,10-11H2,2H3. The van der Waals surface area contributed by atoms with Crippen molar-refractivity contribution in [1.29, 1.82) is 0 Å². The van der Waals surface area contributed by atoms with Crippen LogP contribution in [0.2, 0.25) is 0 Å². The highest BCUT2D eigenvalue weighted by Crippen LogP contribution is 2.04. The molecule has 0 amide bonds. The summed E-state index contributed by atoms with van der Waals surface area (Å²) in [7, 11) is 0. The fourth-order valence-electron chi connectivity index (χ4n) is 1.33. The highest BCUT2D eigenvalue weighted by molar-refractivity contribution is 5.56. The summed E-state index contributed by atoms with van der Waals surface area (Å²) in [6.45, 7) is 5.71. The highest BCUT2D eigenvalue weighted by atomic mass is 16.2. The molecular formula is C9H14N4O2. The summed E-state index contributed by atoms with van der Waals surface area (Å²) in [6, 6.07) is 0. The molecule has 1 aromatic heterocycles. The van der Waals surface area contributed by atoms with Gasteiger partial charge in [-0.15, -0.1) is 6.58 Å². The van der Waals surface area contributed by atoms with E-state index >= 15 is 0 Å². The molecular weight excluding hydrogens is 196 g/mol. The predicted octanol–water partition coefficient (Wildman–Crippen LogP) is -0.620. The third-order valence-corrected chi connectivity index (χ3v) is 2.13. The summed E-state index contributed by atoms with van der Waals surface area (Å²) in [5.41, 5.74) is 9.93. The van der Waals surface area contributed by atoms with Gasteiger partial charge in [-0.3, -0.25) is 13.9 Å². The number of nitrogen functional groups attached to an aromatic ring is 2. The van der Waals surface area contributed by atoms with E-state index in [4.69, 9.17) is 11.5 Å². The summed E-state index contributed by atoms with van der Waals surface area (Å²) in [5, 5.41) is 0. The van der Waals surface area contributed by atoms with Crippen molar-refractivity contribution in [3.8, 4) is 0 Å². The fourth-order valence-corrected chi connectivity index (χ4v) is 1.33. The number of hydrogen-bond acceptors (Lipinski definition) is 4. The van der Waals surface area contributed by atoms with Crippen LogP contribution in [0.1, 0.15) is 6.92 Å². The molecule has 15 heavy (non-hydrogen) atoms. The van der Waals surface area contributed by atoms with Gasteiger partial charge in [-0.25, -0.2) is 4.79 Å². The van der Waals surface area contributed by atoms with Gasteiger partial charge in [-0.2, -0.15) is 0 Å². The average molecular weight is 210 g/mol. The number of nitrogens with two attached hydrogens (primary N) is 2. The molecule has 4 N–H and O–H groups in total. The first-order valence-electron chi connectivity index (χ1n) is 4.54. The largest absolute Gasteiger partial charge is 0.391 e. The van der Waals surface area contributed by atoms with Crippen LogP contribution in [0.15, 0.2) is 22.2 Å². The second-order valence-electron chi connectivity index (χ2n) is 3.03. The summed E-state index contributed by atoms with van der Waals surface area (Å²) >= 11 is 0. The quantitative estimate of drug-likeness (QED) is 0.650. The number of hydrogen-bond donors (Lipinski definition) is 2. The zero-order valence-electron chi connectivity index (χ0n) is 8.56. The van der Waals surface area contributed by atoms with Crippen molar-refractivity contribution in [2.24, 2.45) is 0 Å². The molecule has 0 fully saturated rings. The Bertz CT molecular complexity index is 498. The first-order chi connectivity index (χ1) is 7.04. The maximum atomic E-state index is 11.7. The second kappa shape index (κ2) is 4.04. The van der Waals surface area contributed by atoms with E-state index in [1.165, 1.54) is 10.6 Å². The molecule has 0 aromatic carbocycles. The molecule has 6 nitrogen and oxygen atoms in total. The Balaban J connectivity index is 3.68. The third kappa shape index (κ3) is 1.65. The summed E-state index contributed by atoms with van der Waals surface area (Å²) in [4.78, 5) is 23.3. The van der Waals surface area contributed by atoms with E-state index < -0.39 is 11.2 Å². The number of anilines is 2. The zero-order valence-corrected chi connectivity index (χ0v) is 8.56. The number of allylic oxidation sites excluding steroid dienone is 1. The monoisotopic (exact) mass is 210 g/mol. The van der Waals surface area contributed by atoms with E-state index in [-0.39, 0.29) is 18.1 Å². The van der Waals surface area contributed by atoms with Crippen LogP contribution in [0.3, 0.4) is 0 Å². The number of aromatic nitrogens is 2. The highest BCUT2D eigenvalue weighted by Gasteiger charge is 2.12. The SMILES string of the molecule is C=CCn1c(=O)c(N)c(N)n(CC)c1=O. The summed E-state index contributed by atoms with van der Waals surface area (Å²) in [6.07, 6.45) is 1.46. The van der Waals surface area contributed by atoms with E-state index in [9.17, 15) is 9.59 Å². The van der Waals surface area contributed by atoms with E-state index in [1.807, 2.05) is 0 Å². The Hall–Kier alpha value is -1.98. The Morgan fingerprint density at radius 1 is 1.33 bits per heavy atom. The summed E-state index contributed by atoms with van der Waals surface area (Å²) in [5.74, 6) is 0.0211. The zero-order chi connectivity index (χ0) is 11.6. The lowest BCUT2D eigenvalue weighted by atomic mass is 10.4. The van der Waals surface area contributed by atoms with Gasteiger partial charge in [0.15, 0.2) is 0 Å². The van der Waals surface area contributed by atoms with Crippen LogP contribution in [-0.4, -0.2) is 9.13 Å². The van der Waals surface area contributed by atoms with E-state index in [1.54, 1.807) is 6.92 Å². The van der Waals surface area contributed by atoms with E-state index in [2.05, 4.69) is 6.58 Å². The predicted molar refractivity (Wildman–Crippen MR) is 59.7 cm³/mol. The molecule has 0 aliphatic carbocycles. The smallest absolute Gasteiger partial charge is 0.332 e. The number of nitrogens with zero attached hydrogens (tertiary/aromatic N) is 2. The molecule has 0 saturated carbocycles. The van der Waals surface area contributed by atoms with Crippen molar-refractivity contribution in [1.82, 2.24) is 9.13 Å². The van der Waals surface area contributed by atoms with Gasteiger partial charge in [-0.05, 0) is 6.92 Å². The van der Waals surface area contributed by atoms with Crippen molar-refractivity contribution in [2.45, 2.75) is 20.0 Å². The molecule has 0 bridgehead atoms. The molecule has 0 aliphatic rings. The lowest BCUT2D eigenvalue weighted by Crippen LogP contribution is -2.41. The normalized spacial score (nSPS) is 10.2. The fraction of sp³-hybridized carbons (Fsp3) is 0.333. The molecule has 0 aliphatic heterocycles. The van der Waals surface area contributed by atoms with Crippen LogP contribution in [0.4, 0.5) is 11.5 Å². The van der Waals surface area contributed by atoms with Gasteiger partial charge < -0.3 is 11.5 Å². The van der Waals surface area contributed by atoms with Crippen molar-refractivity contribution >= 4 is 11.5 Å². The molecule has 82 valence electrons. The van der Waals surface area contributed by atoms with Crippen molar-refractivity contribution in [2.75, 3.05) is 11.5 Å².